The van der Waals surface area contributed by atoms with Gasteiger partial charge in [-0.2, -0.15) is 0 Å². The van der Waals surface area contributed by atoms with Crippen LogP contribution in [-0.2, 0) is 6.42 Å². The molecule has 0 fully saturated rings. The van der Waals surface area contributed by atoms with Crippen LogP contribution in [0.15, 0.2) is 36.7 Å². The molecule has 0 aliphatic rings. The van der Waals surface area contributed by atoms with Crippen LogP contribution in [0.1, 0.15) is 16.5 Å². The molecule has 1 aromatic carbocycles. The van der Waals surface area contributed by atoms with Crippen LogP contribution in [0, 0.1) is 0 Å². The summed E-state index contributed by atoms with van der Waals surface area (Å²) in [6.45, 7) is 0. The summed E-state index contributed by atoms with van der Waals surface area (Å²) in [5.74, 6) is 0. The van der Waals surface area contributed by atoms with Crippen LogP contribution in [0.4, 0.5) is 0 Å². The fourth-order valence-electron chi connectivity index (χ4n) is 1.64. The topological polar surface area (TPSA) is 12.9 Å². The lowest BCUT2D eigenvalue weighted by Gasteiger charge is -2.11. The molecule has 0 bridgehead atoms. The molecule has 18 heavy (non-hydrogen) atoms. The Morgan fingerprint density at radius 1 is 1.06 bits per heavy atom. The van der Waals surface area contributed by atoms with Crippen molar-refractivity contribution in [3.8, 4) is 0 Å². The number of pyridine rings is 1. The molecule has 1 unspecified atom stereocenters. The Balaban J connectivity index is 2.22. The first-order chi connectivity index (χ1) is 8.56. The second-order valence-electron chi connectivity index (χ2n) is 3.84. The summed E-state index contributed by atoms with van der Waals surface area (Å²) in [5, 5.41) is 1.52. The molecule has 0 spiro atoms. The number of aromatic nitrogens is 1. The van der Waals surface area contributed by atoms with Crippen LogP contribution in [0.3, 0.4) is 0 Å². The molecular formula is C13H9Cl4N. The third-order valence-electron chi connectivity index (χ3n) is 2.50. The summed E-state index contributed by atoms with van der Waals surface area (Å²) in [7, 11) is 0. The van der Waals surface area contributed by atoms with Crippen molar-refractivity contribution in [1.82, 2.24) is 4.98 Å². The number of rotatable bonds is 3. The SMILES string of the molecule is Clc1cc(Cl)cc(C(Cl)Cc2ccncc2Cl)c1. The van der Waals surface area contributed by atoms with Crippen molar-refractivity contribution in [3.63, 3.8) is 0 Å². The lowest BCUT2D eigenvalue weighted by molar-refractivity contribution is 0.916. The van der Waals surface area contributed by atoms with Gasteiger partial charge in [-0.25, -0.2) is 0 Å². The van der Waals surface area contributed by atoms with Gasteiger partial charge < -0.3 is 0 Å². The monoisotopic (exact) mass is 319 g/mol. The van der Waals surface area contributed by atoms with Crippen LogP contribution in [0.5, 0.6) is 0 Å². The van der Waals surface area contributed by atoms with Crippen molar-refractivity contribution in [2.75, 3.05) is 0 Å². The van der Waals surface area contributed by atoms with Gasteiger partial charge >= 0.3 is 0 Å². The maximum absolute atomic E-state index is 6.36. The zero-order valence-corrected chi connectivity index (χ0v) is 12.2. The van der Waals surface area contributed by atoms with Crippen LogP contribution in [-0.4, -0.2) is 4.98 Å². The molecule has 94 valence electrons. The molecule has 0 radical (unpaired) electrons. The summed E-state index contributed by atoms with van der Waals surface area (Å²) in [6, 6.07) is 7.14. The highest BCUT2D eigenvalue weighted by atomic mass is 35.5. The van der Waals surface area contributed by atoms with E-state index >= 15 is 0 Å². The number of nitrogens with zero attached hydrogens (tertiary/aromatic N) is 1. The van der Waals surface area contributed by atoms with Crippen molar-refractivity contribution < 1.29 is 0 Å². The Hall–Kier alpha value is -0.470. The molecule has 2 aromatic rings. The molecule has 1 heterocycles. The number of alkyl halides is 1. The normalized spacial score (nSPS) is 12.4. The number of benzene rings is 1. The van der Waals surface area contributed by atoms with Gasteiger partial charge in [0.15, 0.2) is 0 Å². The molecule has 0 N–H and O–H groups in total. The molecule has 2 rings (SSSR count). The molecular weight excluding hydrogens is 312 g/mol. The zero-order chi connectivity index (χ0) is 13.1. The van der Waals surface area contributed by atoms with E-state index < -0.39 is 0 Å². The average molecular weight is 321 g/mol. The highest BCUT2D eigenvalue weighted by Crippen LogP contribution is 2.31. The first kappa shape index (κ1) is 14.0. The van der Waals surface area contributed by atoms with Crippen LogP contribution in [0.25, 0.3) is 0 Å². The third kappa shape index (κ3) is 3.52. The Kier molecular flexibility index (Phi) is 4.74. The largest absolute Gasteiger partial charge is 0.263 e. The van der Waals surface area contributed by atoms with Gasteiger partial charge in [0, 0.05) is 22.4 Å². The van der Waals surface area contributed by atoms with Gasteiger partial charge in [-0.05, 0) is 41.8 Å². The molecule has 1 atom stereocenters. The molecule has 5 heteroatoms. The summed E-state index contributed by atoms with van der Waals surface area (Å²) >= 11 is 24.3. The number of hydrogen-bond donors (Lipinski definition) is 0. The van der Waals surface area contributed by atoms with Crippen molar-refractivity contribution in [2.24, 2.45) is 0 Å². The van der Waals surface area contributed by atoms with Crippen molar-refractivity contribution in [1.29, 1.82) is 0 Å². The molecule has 0 aliphatic heterocycles. The standard InChI is InChI=1S/C13H9Cl4N/c14-10-3-9(4-11(15)6-10)12(16)5-8-1-2-18-7-13(8)17/h1-4,6-7,12H,5H2. The molecule has 1 nitrogen and oxygen atoms in total. The minimum absolute atomic E-state index is 0.235. The Morgan fingerprint density at radius 2 is 1.72 bits per heavy atom. The Labute approximate surface area is 126 Å². The van der Waals surface area contributed by atoms with Crippen LogP contribution < -0.4 is 0 Å². The predicted octanol–water partition coefficient (Wildman–Crippen LogP) is 5.56. The minimum Gasteiger partial charge on any atom is -0.263 e. The minimum atomic E-state index is -0.235. The van der Waals surface area contributed by atoms with Crippen molar-refractivity contribution >= 4 is 46.4 Å². The van der Waals surface area contributed by atoms with Crippen LogP contribution >= 0.6 is 46.4 Å². The Morgan fingerprint density at radius 3 is 2.33 bits per heavy atom. The van der Waals surface area contributed by atoms with E-state index in [0.717, 1.165) is 11.1 Å². The van der Waals surface area contributed by atoms with Gasteiger partial charge in [0.2, 0.25) is 0 Å². The second kappa shape index (κ2) is 6.12. The molecule has 0 amide bonds. The maximum atomic E-state index is 6.36. The summed E-state index contributed by atoms with van der Waals surface area (Å²) in [6.07, 6.45) is 3.89. The predicted molar refractivity (Wildman–Crippen MR) is 78.0 cm³/mol. The number of hydrogen-bond acceptors (Lipinski definition) is 1. The van der Waals surface area contributed by atoms with Gasteiger partial charge in [-0.15, -0.1) is 11.6 Å². The maximum Gasteiger partial charge on any atom is 0.0627 e. The van der Waals surface area contributed by atoms with Crippen molar-refractivity contribution in [2.45, 2.75) is 11.8 Å². The van der Waals surface area contributed by atoms with Gasteiger partial charge in [0.25, 0.3) is 0 Å². The van der Waals surface area contributed by atoms with Gasteiger partial charge in [-0.1, -0.05) is 34.8 Å². The van der Waals surface area contributed by atoms with E-state index in [1.165, 1.54) is 0 Å². The van der Waals surface area contributed by atoms with Crippen molar-refractivity contribution in [3.05, 3.63) is 62.9 Å². The quantitative estimate of drug-likeness (QED) is 0.674. The molecule has 0 aliphatic carbocycles. The molecule has 0 saturated carbocycles. The first-order valence-electron chi connectivity index (χ1n) is 5.24. The summed E-state index contributed by atoms with van der Waals surface area (Å²) in [4.78, 5) is 3.94. The smallest absolute Gasteiger partial charge is 0.0627 e. The number of halogens is 4. The van der Waals surface area contributed by atoms with Gasteiger partial charge in [0.05, 0.1) is 10.4 Å². The van der Waals surface area contributed by atoms with E-state index in [1.54, 1.807) is 30.6 Å². The third-order valence-corrected chi connectivity index (χ3v) is 3.69. The first-order valence-corrected chi connectivity index (χ1v) is 6.82. The lowest BCUT2D eigenvalue weighted by Crippen LogP contribution is -1.97. The highest BCUT2D eigenvalue weighted by Gasteiger charge is 2.12. The fourth-order valence-corrected chi connectivity index (χ4v) is 2.67. The molecule has 1 aromatic heterocycles. The van der Waals surface area contributed by atoms with Gasteiger partial charge in [-0.3, -0.25) is 4.98 Å². The fraction of sp³-hybridized carbons (Fsp3) is 0.154. The van der Waals surface area contributed by atoms with E-state index in [1.807, 2.05) is 6.07 Å². The van der Waals surface area contributed by atoms with E-state index in [0.29, 0.717) is 21.5 Å². The second-order valence-corrected chi connectivity index (χ2v) is 5.65. The highest BCUT2D eigenvalue weighted by molar-refractivity contribution is 6.35. The van der Waals surface area contributed by atoms with Gasteiger partial charge in [0.1, 0.15) is 0 Å². The average Bonchev–Trinajstić information content (AvgIpc) is 2.31. The van der Waals surface area contributed by atoms with E-state index in [4.69, 9.17) is 46.4 Å². The zero-order valence-electron chi connectivity index (χ0n) is 9.21. The van der Waals surface area contributed by atoms with E-state index in [2.05, 4.69) is 4.98 Å². The molecule has 0 saturated heterocycles. The Bertz CT molecular complexity index is 536. The lowest BCUT2D eigenvalue weighted by atomic mass is 10.0. The van der Waals surface area contributed by atoms with E-state index in [-0.39, 0.29) is 5.38 Å². The van der Waals surface area contributed by atoms with Crippen LogP contribution in [0.2, 0.25) is 15.1 Å². The van der Waals surface area contributed by atoms with E-state index in [9.17, 15) is 0 Å². The summed E-state index contributed by atoms with van der Waals surface area (Å²) < 4.78 is 0. The summed E-state index contributed by atoms with van der Waals surface area (Å²) in [5.41, 5.74) is 1.82.